The van der Waals surface area contributed by atoms with E-state index in [0.717, 1.165) is 24.1 Å². The molecule has 1 heterocycles. The summed E-state index contributed by atoms with van der Waals surface area (Å²) >= 11 is 0. The van der Waals surface area contributed by atoms with E-state index in [1.165, 1.54) is 0 Å². The van der Waals surface area contributed by atoms with Crippen LogP contribution in [0.25, 0.3) is 5.76 Å². The molecule has 1 N–H and O–H groups in total. The summed E-state index contributed by atoms with van der Waals surface area (Å²) in [5.74, 6) is -0.664. The molecule has 2 aromatic carbocycles. The first-order valence-corrected chi connectivity index (χ1v) is 11.0. The van der Waals surface area contributed by atoms with Gasteiger partial charge in [-0.1, -0.05) is 42.0 Å². The van der Waals surface area contributed by atoms with Crippen LogP contribution in [0, 0.1) is 6.92 Å². The van der Waals surface area contributed by atoms with Crippen LogP contribution in [0.5, 0.6) is 5.75 Å². The van der Waals surface area contributed by atoms with E-state index in [1.807, 2.05) is 76.2 Å². The Hall–Kier alpha value is -3.12. The Kier molecular flexibility index (Phi) is 7.36. The predicted molar refractivity (Wildman–Crippen MR) is 126 cm³/mol. The molecule has 1 aliphatic heterocycles. The number of rotatable bonds is 8. The summed E-state index contributed by atoms with van der Waals surface area (Å²) in [7, 11) is 3.94. The maximum absolute atomic E-state index is 13.0. The SMILES string of the molecule is Cc1ccc(/C(O)=C2\C(=O)C(=O)N(CCCN(C)C)[C@@H]2c2ccc(OC(C)C)cc2)cc1. The average Bonchev–Trinajstić information content (AvgIpc) is 2.99. The molecule has 1 atom stereocenters. The van der Waals surface area contributed by atoms with Gasteiger partial charge < -0.3 is 19.6 Å². The third-order valence-electron chi connectivity index (χ3n) is 5.44. The molecule has 1 fully saturated rings. The monoisotopic (exact) mass is 436 g/mol. The normalized spacial score (nSPS) is 18.1. The summed E-state index contributed by atoms with van der Waals surface area (Å²) < 4.78 is 5.73. The minimum atomic E-state index is -0.652. The molecule has 170 valence electrons. The first kappa shape index (κ1) is 23.5. The topological polar surface area (TPSA) is 70.1 Å². The van der Waals surface area contributed by atoms with Crippen molar-refractivity contribution >= 4 is 17.4 Å². The lowest BCUT2D eigenvalue weighted by atomic mass is 9.95. The van der Waals surface area contributed by atoms with E-state index in [9.17, 15) is 14.7 Å². The second kappa shape index (κ2) is 10.0. The van der Waals surface area contributed by atoms with Crippen LogP contribution in [0.15, 0.2) is 54.1 Å². The lowest BCUT2D eigenvalue weighted by molar-refractivity contribution is -0.139. The smallest absolute Gasteiger partial charge is 0.295 e. The molecule has 0 aromatic heterocycles. The fraction of sp³-hybridized carbons (Fsp3) is 0.385. The Bertz CT molecular complexity index is 991. The van der Waals surface area contributed by atoms with Crippen molar-refractivity contribution in [2.45, 2.75) is 39.3 Å². The van der Waals surface area contributed by atoms with Crippen LogP contribution in [0.3, 0.4) is 0 Å². The van der Waals surface area contributed by atoms with Gasteiger partial charge in [-0.05, 0) is 65.5 Å². The Morgan fingerprint density at radius 1 is 1.06 bits per heavy atom. The van der Waals surface area contributed by atoms with Crippen LogP contribution in [-0.2, 0) is 9.59 Å². The Morgan fingerprint density at radius 2 is 1.69 bits per heavy atom. The first-order chi connectivity index (χ1) is 15.2. The predicted octanol–water partition coefficient (Wildman–Crippen LogP) is 4.16. The largest absolute Gasteiger partial charge is 0.507 e. The van der Waals surface area contributed by atoms with E-state index < -0.39 is 17.7 Å². The van der Waals surface area contributed by atoms with Crippen molar-refractivity contribution < 1.29 is 19.4 Å². The third-order valence-corrected chi connectivity index (χ3v) is 5.44. The number of likely N-dealkylation sites (tertiary alicyclic amines) is 1. The number of aliphatic hydroxyl groups excluding tert-OH is 1. The van der Waals surface area contributed by atoms with Gasteiger partial charge in [0.2, 0.25) is 0 Å². The van der Waals surface area contributed by atoms with Crippen molar-refractivity contribution in [1.29, 1.82) is 0 Å². The van der Waals surface area contributed by atoms with Gasteiger partial charge in [-0.25, -0.2) is 0 Å². The minimum Gasteiger partial charge on any atom is -0.507 e. The molecule has 0 aliphatic carbocycles. The van der Waals surface area contributed by atoms with E-state index in [4.69, 9.17) is 4.74 Å². The van der Waals surface area contributed by atoms with Crippen LogP contribution in [0.1, 0.15) is 43.0 Å². The standard InChI is InChI=1S/C26H32N2O4/c1-17(2)32-21-13-11-19(12-14-21)23-22(24(29)20-9-7-18(3)8-10-20)25(30)26(31)28(23)16-6-15-27(4)5/h7-14,17,23,29H,6,15-16H2,1-5H3/b24-22+/t23-/m1/s1. The molecule has 0 radical (unpaired) electrons. The number of aryl methyl sites for hydroxylation is 1. The molecule has 0 spiro atoms. The van der Waals surface area contributed by atoms with E-state index in [0.29, 0.717) is 17.9 Å². The fourth-order valence-corrected chi connectivity index (χ4v) is 3.88. The van der Waals surface area contributed by atoms with Crippen LogP contribution >= 0.6 is 0 Å². The van der Waals surface area contributed by atoms with Crippen molar-refractivity contribution in [3.05, 3.63) is 70.8 Å². The first-order valence-electron chi connectivity index (χ1n) is 11.0. The number of carbonyl (C=O) groups is 2. The van der Waals surface area contributed by atoms with Gasteiger partial charge in [-0.3, -0.25) is 9.59 Å². The molecule has 1 saturated heterocycles. The summed E-state index contributed by atoms with van der Waals surface area (Å²) in [6.07, 6.45) is 0.759. The lowest BCUT2D eigenvalue weighted by Crippen LogP contribution is -2.32. The molecule has 0 bridgehead atoms. The van der Waals surface area contributed by atoms with Crippen LogP contribution < -0.4 is 4.74 Å². The van der Waals surface area contributed by atoms with Gasteiger partial charge in [0.05, 0.1) is 17.7 Å². The number of hydrogen-bond acceptors (Lipinski definition) is 5. The van der Waals surface area contributed by atoms with Gasteiger partial charge in [0.1, 0.15) is 11.5 Å². The molecular formula is C26H32N2O4. The number of nitrogens with zero attached hydrogens (tertiary/aromatic N) is 2. The molecule has 1 aliphatic rings. The maximum atomic E-state index is 13.0. The highest BCUT2D eigenvalue weighted by Gasteiger charge is 2.45. The second-order valence-electron chi connectivity index (χ2n) is 8.75. The zero-order valence-corrected chi connectivity index (χ0v) is 19.5. The van der Waals surface area contributed by atoms with E-state index >= 15 is 0 Å². The van der Waals surface area contributed by atoms with E-state index in [2.05, 4.69) is 0 Å². The molecule has 32 heavy (non-hydrogen) atoms. The molecular weight excluding hydrogens is 404 g/mol. The summed E-state index contributed by atoms with van der Waals surface area (Å²) in [6.45, 7) is 7.07. The summed E-state index contributed by atoms with van der Waals surface area (Å²) in [5.41, 5.74) is 2.45. The number of hydrogen-bond donors (Lipinski definition) is 1. The second-order valence-corrected chi connectivity index (χ2v) is 8.75. The average molecular weight is 437 g/mol. The maximum Gasteiger partial charge on any atom is 0.295 e. The quantitative estimate of drug-likeness (QED) is 0.382. The molecule has 0 unspecified atom stereocenters. The molecule has 3 rings (SSSR count). The zero-order valence-electron chi connectivity index (χ0n) is 19.5. The van der Waals surface area contributed by atoms with Crippen LogP contribution in [-0.4, -0.2) is 59.9 Å². The van der Waals surface area contributed by atoms with Gasteiger partial charge in [0.25, 0.3) is 11.7 Å². The van der Waals surface area contributed by atoms with Crippen molar-refractivity contribution in [3.63, 3.8) is 0 Å². The van der Waals surface area contributed by atoms with Crippen LogP contribution in [0.4, 0.5) is 0 Å². The number of carbonyl (C=O) groups excluding carboxylic acids is 2. The summed E-state index contributed by atoms with van der Waals surface area (Å²) in [6, 6.07) is 14.0. The summed E-state index contributed by atoms with van der Waals surface area (Å²) in [4.78, 5) is 29.6. The van der Waals surface area contributed by atoms with Crippen molar-refractivity contribution in [2.75, 3.05) is 27.2 Å². The third kappa shape index (κ3) is 5.19. The fourth-order valence-electron chi connectivity index (χ4n) is 3.88. The van der Waals surface area contributed by atoms with E-state index in [-0.39, 0.29) is 17.4 Å². The van der Waals surface area contributed by atoms with Crippen LogP contribution in [0.2, 0.25) is 0 Å². The zero-order chi connectivity index (χ0) is 23.4. The van der Waals surface area contributed by atoms with Crippen molar-refractivity contribution in [1.82, 2.24) is 9.80 Å². The highest BCUT2D eigenvalue weighted by Crippen LogP contribution is 2.40. The number of ketones is 1. The number of benzene rings is 2. The van der Waals surface area contributed by atoms with Crippen molar-refractivity contribution in [2.24, 2.45) is 0 Å². The van der Waals surface area contributed by atoms with Gasteiger partial charge in [-0.2, -0.15) is 0 Å². The van der Waals surface area contributed by atoms with Gasteiger partial charge in [0, 0.05) is 12.1 Å². The summed E-state index contributed by atoms with van der Waals surface area (Å²) in [5, 5.41) is 11.1. The molecule has 6 nitrogen and oxygen atoms in total. The van der Waals surface area contributed by atoms with Gasteiger partial charge >= 0.3 is 0 Å². The Balaban J connectivity index is 2.05. The van der Waals surface area contributed by atoms with E-state index in [1.54, 1.807) is 17.0 Å². The number of amides is 1. The molecule has 2 aromatic rings. The highest BCUT2D eigenvalue weighted by molar-refractivity contribution is 6.46. The minimum absolute atomic E-state index is 0.0408. The number of ether oxygens (including phenoxy) is 1. The number of Topliss-reactive ketones (excluding diaryl/α,β-unsaturated/α-hetero) is 1. The van der Waals surface area contributed by atoms with Gasteiger partial charge in [0.15, 0.2) is 0 Å². The molecule has 0 saturated carbocycles. The molecule has 1 amide bonds. The van der Waals surface area contributed by atoms with Crippen molar-refractivity contribution in [3.8, 4) is 5.75 Å². The molecule has 6 heteroatoms. The highest BCUT2D eigenvalue weighted by atomic mass is 16.5. The van der Waals surface area contributed by atoms with Gasteiger partial charge in [-0.15, -0.1) is 0 Å². The lowest BCUT2D eigenvalue weighted by Gasteiger charge is -2.26. The Morgan fingerprint density at radius 3 is 2.25 bits per heavy atom. The number of aliphatic hydroxyl groups is 1. The Labute approximate surface area is 190 Å².